The van der Waals surface area contributed by atoms with Crippen molar-refractivity contribution in [2.75, 3.05) is 36.4 Å². The van der Waals surface area contributed by atoms with Crippen molar-refractivity contribution >= 4 is 46.4 Å². The second-order valence-corrected chi connectivity index (χ2v) is 7.56. The van der Waals surface area contributed by atoms with Crippen LogP contribution in [-0.4, -0.2) is 42.9 Å². The van der Waals surface area contributed by atoms with Crippen LogP contribution < -0.4 is 10.2 Å². The average Bonchev–Trinajstić information content (AvgIpc) is 2.69. The van der Waals surface area contributed by atoms with E-state index in [0.717, 1.165) is 12.1 Å². The van der Waals surface area contributed by atoms with Crippen molar-refractivity contribution in [3.63, 3.8) is 0 Å². The van der Waals surface area contributed by atoms with E-state index >= 15 is 0 Å². The van der Waals surface area contributed by atoms with Crippen molar-refractivity contribution in [2.24, 2.45) is 0 Å². The number of amides is 2. The first-order valence-corrected chi connectivity index (χ1v) is 10.1. The Labute approximate surface area is 175 Å². The van der Waals surface area contributed by atoms with E-state index in [2.05, 4.69) is 10.2 Å². The van der Waals surface area contributed by atoms with Crippen molar-refractivity contribution in [1.29, 1.82) is 0 Å². The summed E-state index contributed by atoms with van der Waals surface area (Å²) < 4.78 is 0. The van der Waals surface area contributed by atoms with Crippen molar-refractivity contribution in [1.82, 2.24) is 4.90 Å². The zero-order valence-electron chi connectivity index (χ0n) is 15.8. The van der Waals surface area contributed by atoms with Crippen molar-refractivity contribution in [3.05, 3.63) is 58.1 Å². The minimum absolute atomic E-state index is 0.200. The predicted molar refractivity (Wildman–Crippen MR) is 115 cm³/mol. The van der Waals surface area contributed by atoms with Crippen LogP contribution in [0.15, 0.2) is 42.5 Å². The number of carbonyl (C=O) groups excluding carboxylic acids is 2. The van der Waals surface area contributed by atoms with E-state index < -0.39 is 0 Å². The molecule has 1 aliphatic heterocycles. The third kappa shape index (κ3) is 4.78. The Bertz CT molecular complexity index is 864. The van der Waals surface area contributed by atoms with Crippen LogP contribution in [0.5, 0.6) is 0 Å². The third-order valence-electron chi connectivity index (χ3n) is 4.76. The van der Waals surface area contributed by atoms with Gasteiger partial charge < -0.3 is 15.1 Å². The molecule has 0 radical (unpaired) electrons. The molecule has 1 fully saturated rings. The number of rotatable bonds is 5. The number of carbonyl (C=O) groups is 2. The van der Waals surface area contributed by atoms with Gasteiger partial charge in [-0.25, -0.2) is 0 Å². The zero-order valence-corrected chi connectivity index (χ0v) is 17.3. The first-order chi connectivity index (χ1) is 13.5. The van der Waals surface area contributed by atoms with E-state index in [-0.39, 0.29) is 11.8 Å². The minimum Gasteiger partial charge on any atom is -0.366 e. The van der Waals surface area contributed by atoms with Gasteiger partial charge in [0, 0.05) is 37.6 Å². The minimum atomic E-state index is -0.286. The number of benzene rings is 2. The lowest BCUT2D eigenvalue weighted by atomic mass is 10.1. The maximum atomic E-state index is 12.7. The first-order valence-electron chi connectivity index (χ1n) is 9.37. The molecule has 1 aliphatic rings. The zero-order chi connectivity index (χ0) is 20.1. The molecule has 28 heavy (non-hydrogen) atoms. The van der Waals surface area contributed by atoms with Gasteiger partial charge in [-0.3, -0.25) is 9.59 Å². The van der Waals surface area contributed by atoms with Gasteiger partial charge in [-0.05, 0) is 36.8 Å². The molecule has 2 aromatic rings. The number of nitrogens with zero attached hydrogens (tertiary/aromatic N) is 2. The molecule has 148 valence electrons. The fourth-order valence-corrected chi connectivity index (χ4v) is 3.68. The van der Waals surface area contributed by atoms with Crippen LogP contribution in [0.2, 0.25) is 10.0 Å². The van der Waals surface area contributed by atoms with E-state index in [4.69, 9.17) is 23.2 Å². The summed E-state index contributed by atoms with van der Waals surface area (Å²) in [6.07, 6.45) is 1.44. The van der Waals surface area contributed by atoms with E-state index in [1.807, 2.05) is 17.9 Å². The number of nitrogens with one attached hydrogen (secondary N) is 1. The maximum absolute atomic E-state index is 12.7. The molecular weight excluding hydrogens is 397 g/mol. The summed E-state index contributed by atoms with van der Waals surface area (Å²) in [5, 5.41) is 3.86. The topological polar surface area (TPSA) is 52.7 Å². The number of hydrogen-bond acceptors (Lipinski definition) is 3. The molecule has 0 aromatic heterocycles. The van der Waals surface area contributed by atoms with E-state index in [1.165, 1.54) is 0 Å². The van der Waals surface area contributed by atoms with Crippen LogP contribution >= 0.6 is 23.2 Å². The van der Waals surface area contributed by atoms with E-state index in [0.29, 0.717) is 53.9 Å². The SMILES string of the molecule is CCCC(=O)N1CCN(c2ccc(Cl)cc2NC(=O)c2ccccc2Cl)CC1. The van der Waals surface area contributed by atoms with Gasteiger partial charge in [-0.2, -0.15) is 0 Å². The smallest absolute Gasteiger partial charge is 0.257 e. The van der Waals surface area contributed by atoms with E-state index in [9.17, 15) is 9.59 Å². The van der Waals surface area contributed by atoms with Gasteiger partial charge in [-0.1, -0.05) is 42.3 Å². The molecule has 0 saturated carbocycles. The largest absolute Gasteiger partial charge is 0.366 e. The molecule has 0 aliphatic carbocycles. The normalized spacial score (nSPS) is 14.1. The summed E-state index contributed by atoms with van der Waals surface area (Å²) in [6, 6.07) is 12.3. The molecule has 3 rings (SSSR count). The number of anilines is 2. The highest BCUT2D eigenvalue weighted by atomic mass is 35.5. The summed E-state index contributed by atoms with van der Waals surface area (Å²) in [5.74, 6) is -0.0867. The number of piperazine rings is 1. The molecule has 0 bridgehead atoms. The average molecular weight is 420 g/mol. The Hall–Kier alpha value is -2.24. The van der Waals surface area contributed by atoms with Crippen LogP contribution in [0.25, 0.3) is 0 Å². The molecular formula is C21H23Cl2N3O2. The van der Waals surface area contributed by atoms with Crippen LogP contribution in [0.1, 0.15) is 30.1 Å². The summed E-state index contributed by atoms with van der Waals surface area (Å²) >= 11 is 12.3. The van der Waals surface area contributed by atoms with Gasteiger partial charge in [-0.15, -0.1) is 0 Å². The number of hydrogen-bond donors (Lipinski definition) is 1. The van der Waals surface area contributed by atoms with Gasteiger partial charge in [0.1, 0.15) is 0 Å². The van der Waals surface area contributed by atoms with Crippen molar-refractivity contribution in [3.8, 4) is 0 Å². The van der Waals surface area contributed by atoms with Crippen molar-refractivity contribution in [2.45, 2.75) is 19.8 Å². The molecule has 0 atom stereocenters. The molecule has 2 amide bonds. The Morgan fingerprint density at radius 3 is 2.43 bits per heavy atom. The third-order valence-corrected chi connectivity index (χ3v) is 5.33. The Morgan fingerprint density at radius 1 is 1.04 bits per heavy atom. The summed E-state index contributed by atoms with van der Waals surface area (Å²) in [6.45, 7) is 4.74. The van der Waals surface area contributed by atoms with Gasteiger partial charge in [0.15, 0.2) is 0 Å². The fourth-order valence-electron chi connectivity index (χ4n) is 3.29. The highest BCUT2D eigenvalue weighted by Crippen LogP contribution is 2.31. The first kappa shape index (κ1) is 20.5. The highest BCUT2D eigenvalue weighted by Gasteiger charge is 2.23. The molecule has 0 unspecified atom stereocenters. The lowest BCUT2D eigenvalue weighted by molar-refractivity contribution is -0.131. The Kier molecular flexibility index (Phi) is 6.81. The summed E-state index contributed by atoms with van der Waals surface area (Å²) in [4.78, 5) is 28.9. The number of halogens is 2. The lowest BCUT2D eigenvalue weighted by Gasteiger charge is -2.37. The standard InChI is InChI=1S/C21H23Cl2N3O2/c1-2-5-20(27)26-12-10-25(11-13-26)19-9-8-15(22)14-18(19)24-21(28)16-6-3-4-7-17(16)23/h3-4,6-9,14H,2,5,10-13H2,1H3,(H,24,28). The quantitative estimate of drug-likeness (QED) is 0.764. The Balaban J connectivity index is 1.76. The summed E-state index contributed by atoms with van der Waals surface area (Å²) in [7, 11) is 0. The predicted octanol–water partition coefficient (Wildman–Crippen LogP) is 4.69. The Morgan fingerprint density at radius 2 is 1.75 bits per heavy atom. The molecule has 1 N–H and O–H groups in total. The maximum Gasteiger partial charge on any atom is 0.257 e. The molecule has 5 nitrogen and oxygen atoms in total. The highest BCUT2D eigenvalue weighted by molar-refractivity contribution is 6.34. The molecule has 1 heterocycles. The van der Waals surface area contributed by atoms with Gasteiger partial charge >= 0.3 is 0 Å². The van der Waals surface area contributed by atoms with Crippen LogP contribution in [0.4, 0.5) is 11.4 Å². The van der Waals surface area contributed by atoms with Crippen LogP contribution in [0.3, 0.4) is 0 Å². The summed E-state index contributed by atoms with van der Waals surface area (Å²) in [5.41, 5.74) is 1.92. The van der Waals surface area contributed by atoms with Gasteiger partial charge in [0.25, 0.3) is 5.91 Å². The van der Waals surface area contributed by atoms with Crippen molar-refractivity contribution < 1.29 is 9.59 Å². The monoisotopic (exact) mass is 419 g/mol. The van der Waals surface area contributed by atoms with Crippen LogP contribution in [-0.2, 0) is 4.79 Å². The second kappa shape index (κ2) is 9.30. The van der Waals surface area contributed by atoms with Gasteiger partial charge in [0.2, 0.25) is 5.91 Å². The molecule has 2 aromatic carbocycles. The molecule has 0 spiro atoms. The van der Waals surface area contributed by atoms with E-state index in [1.54, 1.807) is 36.4 Å². The lowest BCUT2D eigenvalue weighted by Crippen LogP contribution is -2.48. The van der Waals surface area contributed by atoms with Gasteiger partial charge in [0.05, 0.1) is 22.0 Å². The van der Waals surface area contributed by atoms with Crippen LogP contribution in [0, 0.1) is 0 Å². The fraction of sp³-hybridized carbons (Fsp3) is 0.333. The molecule has 7 heteroatoms. The second-order valence-electron chi connectivity index (χ2n) is 6.71. The molecule has 1 saturated heterocycles.